The Morgan fingerprint density at radius 1 is 1.40 bits per heavy atom. The third kappa shape index (κ3) is 2.26. The van der Waals surface area contributed by atoms with Gasteiger partial charge >= 0.3 is 0 Å². The van der Waals surface area contributed by atoms with E-state index in [1.54, 1.807) is 0 Å². The van der Waals surface area contributed by atoms with E-state index >= 15 is 0 Å². The Morgan fingerprint density at radius 3 is 2.87 bits per heavy atom. The van der Waals surface area contributed by atoms with E-state index in [-0.39, 0.29) is 0 Å². The maximum atomic E-state index is 4.20. The highest BCUT2D eigenvalue weighted by Gasteiger charge is 2.03. The van der Waals surface area contributed by atoms with Gasteiger partial charge in [0.2, 0.25) is 0 Å². The van der Waals surface area contributed by atoms with Crippen LogP contribution in [0, 0.1) is 12.4 Å². The van der Waals surface area contributed by atoms with E-state index in [1.165, 1.54) is 34.4 Å². The maximum Gasteiger partial charge on any atom is 0.152 e. The van der Waals surface area contributed by atoms with Crippen molar-refractivity contribution >= 4 is 11.3 Å². The molecule has 0 spiro atoms. The first kappa shape index (κ1) is 10.4. The van der Waals surface area contributed by atoms with Gasteiger partial charge in [-0.25, -0.2) is 4.98 Å². The van der Waals surface area contributed by atoms with Crippen molar-refractivity contribution in [2.75, 3.05) is 0 Å². The quantitative estimate of drug-likeness (QED) is 0.759. The highest BCUT2D eigenvalue weighted by atomic mass is 32.1. The topological polar surface area (TPSA) is 12.9 Å². The summed E-state index contributed by atoms with van der Waals surface area (Å²) in [6, 6.07) is 6.59. The molecule has 0 aliphatic rings. The molecule has 0 saturated carbocycles. The molecule has 1 radical (unpaired) electrons. The number of aryl methyl sites for hydroxylation is 2. The lowest BCUT2D eigenvalue weighted by Crippen LogP contribution is -1.89. The third-order valence-electron chi connectivity index (χ3n) is 2.55. The molecule has 0 unspecified atom stereocenters. The number of rotatable bonds is 3. The summed E-state index contributed by atoms with van der Waals surface area (Å²) >= 11 is 1.52. The van der Waals surface area contributed by atoms with Gasteiger partial charge in [-0.15, -0.1) is 11.3 Å². The summed E-state index contributed by atoms with van der Waals surface area (Å²) in [5, 5.41) is 2.04. The van der Waals surface area contributed by atoms with Crippen LogP contribution in [0.25, 0.3) is 11.3 Å². The van der Waals surface area contributed by atoms with E-state index in [0.717, 1.165) is 12.1 Å². The van der Waals surface area contributed by atoms with Crippen LogP contribution in [0.4, 0.5) is 0 Å². The Labute approximate surface area is 94.8 Å². The Bertz CT molecular complexity index is 432. The zero-order valence-electron chi connectivity index (χ0n) is 9.08. The summed E-state index contributed by atoms with van der Waals surface area (Å²) in [4.78, 5) is 4.20. The molecule has 15 heavy (non-hydrogen) atoms. The molecule has 0 aliphatic carbocycles. The molecule has 1 heterocycles. The van der Waals surface area contributed by atoms with E-state index in [4.69, 9.17) is 0 Å². The Morgan fingerprint density at radius 2 is 2.27 bits per heavy atom. The lowest BCUT2D eigenvalue weighted by molar-refractivity contribution is 0.913. The van der Waals surface area contributed by atoms with Crippen LogP contribution in [0.2, 0.25) is 0 Å². The highest BCUT2D eigenvalue weighted by molar-refractivity contribution is 7.07. The fourth-order valence-corrected chi connectivity index (χ4v) is 2.23. The number of aromatic nitrogens is 1. The van der Waals surface area contributed by atoms with Crippen LogP contribution in [0.5, 0.6) is 0 Å². The molecular weight excluding hydrogens is 202 g/mol. The first-order valence-electron chi connectivity index (χ1n) is 5.22. The fraction of sp³-hybridized carbons (Fsp3) is 0.308. The van der Waals surface area contributed by atoms with Crippen molar-refractivity contribution in [1.29, 1.82) is 0 Å². The SMILES string of the molecule is CCCc1ccc(-c2cs[c]n2)cc1C. The van der Waals surface area contributed by atoms with E-state index in [9.17, 15) is 0 Å². The van der Waals surface area contributed by atoms with Crippen LogP contribution in [-0.4, -0.2) is 4.98 Å². The fourth-order valence-electron chi connectivity index (χ4n) is 1.72. The van der Waals surface area contributed by atoms with Gasteiger partial charge in [0, 0.05) is 10.9 Å². The molecule has 0 fully saturated rings. The van der Waals surface area contributed by atoms with Gasteiger partial charge in [0.25, 0.3) is 0 Å². The molecule has 2 rings (SSSR count). The monoisotopic (exact) mass is 216 g/mol. The molecule has 0 bridgehead atoms. The average Bonchev–Trinajstić information content (AvgIpc) is 2.74. The molecule has 0 saturated heterocycles. The number of nitrogens with zero attached hydrogens (tertiary/aromatic N) is 1. The Balaban J connectivity index is 2.33. The van der Waals surface area contributed by atoms with Crippen molar-refractivity contribution in [2.24, 2.45) is 0 Å². The second-order valence-electron chi connectivity index (χ2n) is 3.72. The summed E-state index contributed by atoms with van der Waals surface area (Å²) in [6.45, 7) is 4.38. The van der Waals surface area contributed by atoms with Crippen molar-refractivity contribution in [3.8, 4) is 11.3 Å². The van der Waals surface area contributed by atoms with E-state index in [2.05, 4.69) is 42.5 Å². The molecule has 1 nitrogen and oxygen atoms in total. The minimum atomic E-state index is 1.03. The Kier molecular flexibility index (Phi) is 3.17. The lowest BCUT2D eigenvalue weighted by atomic mass is 10.0. The van der Waals surface area contributed by atoms with E-state index in [0.29, 0.717) is 0 Å². The van der Waals surface area contributed by atoms with Gasteiger partial charge in [-0.3, -0.25) is 0 Å². The van der Waals surface area contributed by atoms with Gasteiger partial charge in [-0.2, -0.15) is 0 Å². The predicted molar refractivity (Wildman–Crippen MR) is 65.1 cm³/mol. The molecule has 1 aromatic carbocycles. The first-order valence-corrected chi connectivity index (χ1v) is 6.10. The number of benzene rings is 1. The van der Waals surface area contributed by atoms with Gasteiger partial charge in [0.1, 0.15) is 0 Å². The summed E-state index contributed by atoms with van der Waals surface area (Å²) in [5.41, 5.74) is 7.92. The number of hydrogen-bond acceptors (Lipinski definition) is 2. The predicted octanol–water partition coefficient (Wildman–Crippen LogP) is 3.87. The van der Waals surface area contributed by atoms with Crippen molar-refractivity contribution in [3.05, 3.63) is 40.2 Å². The standard InChI is InChI=1S/C13H14NS/c1-3-4-11-5-6-12(7-10(11)2)13-8-15-9-14-13/h5-8H,3-4H2,1-2H3. The molecular formula is C13H14NS. The van der Waals surface area contributed by atoms with Gasteiger partial charge in [0.15, 0.2) is 5.51 Å². The number of hydrogen-bond donors (Lipinski definition) is 0. The summed E-state index contributed by atoms with van der Waals surface area (Å²) < 4.78 is 0. The van der Waals surface area contributed by atoms with Gasteiger partial charge in [0.05, 0.1) is 5.69 Å². The molecule has 0 amide bonds. The summed E-state index contributed by atoms with van der Waals surface area (Å²) in [6.07, 6.45) is 2.36. The summed E-state index contributed by atoms with van der Waals surface area (Å²) in [5.74, 6) is 0. The van der Waals surface area contributed by atoms with Crippen LogP contribution >= 0.6 is 11.3 Å². The summed E-state index contributed by atoms with van der Waals surface area (Å²) in [7, 11) is 0. The minimum absolute atomic E-state index is 1.03. The van der Waals surface area contributed by atoms with Gasteiger partial charge < -0.3 is 0 Å². The molecule has 77 valence electrons. The lowest BCUT2D eigenvalue weighted by Gasteiger charge is -2.05. The van der Waals surface area contributed by atoms with Gasteiger partial charge in [-0.05, 0) is 30.5 Å². The van der Waals surface area contributed by atoms with Crippen molar-refractivity contribution in [1.82, 2.24) is 4.98 Å². The largest absolute Gasteiger partial charge is 0.233 e. The van der Waals surface area contributed by atoms with Crippen LogP contribution in [-0.2, 0) is 6.42 Å². The van der Waals surface area contributed by atoms with Crippen molar-refractivity contribution < 1.29 is 0 Å². The molecule has 1 aromatic heterocycles. The third-order valence-corrected chi connectivity index (χ3v) is 3.08. The zero-order valence-corrected chi connectivity index (χ0v) is 9.90. The van der Waals surface area contributed by atoms with Gasteiger partial charge in [-0.1, -0.05) is 25.5 Å². The molecule has 0 aliphatic heterocycles. The van der Waals surface area contributed by atoms with Crippen LogP contribution in [0.1, 0.15) is 24.5 Å². The van der Waals surface area contributed by atoms with Crippen molar-refractivity contribution in [3.63, 3.8) is 0 Å². The zero-order chi connectivity index (χ0) is 10.7. The number of thiazole rings is 1. The average molecular weight is 216 g/mol. The van der Waals surface area contributed by atoms with Crippen LogP contribution in [0.3, 0.4) is 0 Å². The first-order chi connectivity index (χ1) is 7.31. The molecule has 2 heteroatoms. The second kappa shape index (κ2) is 4.58. The smallest absolute Gasteiger partial charge is 0.152 e. The molecule has 0 N–H and O–H groups in total. The maximum absolute atomic E-state index is 4.20. The van der Waals surface area contributed by atoms with Crippen LogP contribution in [0.15, 0.2) is 23.6 Å². The molecule has 2 aromatic rings. The second-order valence-corrected chi connectivity index (χ2v) is 4.37. The minimum Gasteiger partial charge on any atom is -0.233 e. The molecule has 0 atom stereocenters. The van der Waals surface area contributed by atoms with Crippen LogP contribution < -0.4 is 0 Å². The highest BCUT2D eigenvalue weighted by Crippen LogP contribution is 2.22. The Hall–Kier alpha value is -1.15. The normalized spacial score (nSPS) is 10.5. The van der Waals surface area contributed by atoms with E-state index in [1.807, 2.05) is 5.38 Å². The van der Waals surface area contributed by atoms with Crippen molar-refractivity contribution in [2.45, 2.75) is 26.7 Å². The van der Waals surface area contributed by atoms with E-state index < -0.39 is 0 Å².